The summed E-state index contributed by atoms with van der Waals surface area (Å²) in [5.41, 5.74) is 2.70. The summed E-state index contributed by atoms with van der Waals surface area (Å²) in [6.07, 6.45) is -3.64. The molecule has 1 fully saturated rings. The van der Waals surface area contributed by atoms with Crippen molar-refractivity contribution < 1.29 is 23.2 Å². The highest BCUT2D eigenvalue weighted by Crippen LogP contribution is 2.37. The molecule has 2 aliphatic rings. The van der Waals surface area contributed by atoms with Gasteiger partial charge >= 0.3 is 6.36 Å². The Balaban J connectivity index is 1.74. The van der Waals surface area contributed by atoms with Crippen LogP contribution in [-0.2, 0) is 6.54 Å². The Bertz CT molecular complexity index is 843. The van der Waals surface area contributed by atoms with Crippen molar-refractivity contribution >= 4 is 0 Å². The van der Waals surface area contributed by atoms with Crippen LogP contribution in [0.2, 0.25) is 0 Å². The number of nitrogens with two attached hydrogens (primary N) is 1. The van der Waals surface area contributed by atoms with Crippen LogP contribution in [0.3, 0.4) is 0 Å². The van der Waals surface area contributed by atoms with E-state index in [2.05, 4.69) is 10.1 Å². The van der Waals surface area contributed by atoms with Crippen molar-refractivity contribution in [3.8, 4) is 16.9 Å². The summed E-state index contributed by atoms with van der Waals surface area (Å²) in [6, 6.07) is 9.17. The Kier molecular flexibility index (Phi) is 3.83. The second kappa shape index (κ2) is 5.91. The molecule has 3 heterocycles. The van der Waals surface area contributed by atoms with Crippen LogP contribution >= 0.6 is 0 Å². The average molecular weight is 351 g/mol. The van der Waals surface area contributed by atoms with E-state index >= 15 is 0 Å². The van der Waals surface area contributed by atoms with Crippen molar-refractivity contribution in [3.63, 3.8) is 0 Å². The highest BCUT2D eigenvalue weighted by Gasteiger charge is 2.35. The molecule has 0 unspecified atom stereocenters. The molecule has 2 aliphatic heterocycles. The predicted molar refractivity (Wildman–Crippen MR) is 85.3 cm³/mol. The van der Waals surface area contributed by atoms with Crippen LogP contribution in [0.15, 0.2) is 41.2 Å². The number of alkyl halides is 3. The Morgan fingerprint density at radius 1 is 1.08 bits per heavy atom. The number of ether oxygens (including phenoxy) is 1. The quantitative estimate of drug-likeness (QED) is 0.901. The second-order valence-electron chi connectivity index (χ2n) is 6.71. The molecule has 0 saturated carbocycles. The molecule has 0 aliphatic carbocycles. The minimum atomic E-state index is -4.70. The summed E-state index contributed by atoms with van der Waals surface area (Å²) in [7, 11) is 0. The predicted octanol–water partition coefficient (Wildman–Crippen LogP) is 2.09. The number of pyridine rings is 1. The van der Waals surface area contributed by atoms with Gasteiger partial charge in [0.15, 0.2) is 0 Å². The molecule has 1 aromatic heterocycles. The van der Waals surface area contributed by atoms with Crippen LogP contribution in [0.4, 0.5) is 13.2 Å². The smallest absolute Gasteiger partial charge is 0.406 e. The fourth-order valence-corrected chi connectivity index (χ4v) is 4.06. The number of hydrogen-bond acceptors (Lipinski definition) is 2. The maximum Gasteiger partial charge on any atom is 0.573 e. The van der Waals surface area contributed by atoms with Crippen molar-refractivity contribution in [2.24, 2.45) is 5.92 Å². The lowest BCUT2D eigenvalue weighted by molar-refractivity contribution is -0.673. The molecular formula is C18H18F3N2O2+. The summed E-state index contributed by atoms with van der Waals surface area (Å²) in [5, 5.41) is 2.28. The van der Waals surface area contributed by atoms with Crippen LogP contribution in [0, 0.1) is 5.92 Å². The van der Waals surface area contributed by atoms with Gasteiger partial charge in [-0.05, 0) is 30.2 Å². The molecule has 0 amide bonds. The van der Waals surface area contributed by atoms with Gasteiger partial charge in [-0.3, -0.25) is 4.79 Å². The molecule has 1 aromatic carbocycles. The van der Waals surface area contributed by atoms with E-state index in [1.807, 2.05) is 4.57 Å². The number of halogens is 3. The van der Waals surface area contributed by atoms with Crippen molar-refractivity contribution in [2.45, 2.75) is 25.2 Å². The first-order valence-corrected chi connectivity index (χ1v) is 8.32. The molecule has 7 heteroatoms. The Labute approximate surface area is 142 Å². The molecule has 4 rings (SSSR count). The number of piperidine rings is 1. The first kappa shape index (κ1) is 16.2. The van der Waals surface area contributed by atoms with E-state index in [1.54, 1.807) is 24.3 Å². The summed E-state index contributed by atoms with van der Waals surface area (Å²) >= 11 is 0. The third kappa shape index (κ3) is 3.16. The van der Waals surface area contributed by atoms with E-state index in [-0.39, 0.29) is 11.3 Å². The summed E-state index contributed by atoms with van der Waals surface area (Å²) < 4.78 is 42.7. The first-order chi connectivity index (χ1) is 11.9. The van der Waals surface area contributed by atoms with Crippen molar-refractivity contribution in [2.75, 3.05) is 13.1 Å². The van der Waals surface area contributed by atoms with Crippen LogP contribution in [0.1, 0.15) is 18.0 Å². The zero-order chi connectivity index (χ0) is 17.6. The number of hydrogen-bond donors (Lipinski definition) is 1. The van der Waals surface area contributed by atoms with Gasteiger partial charge in [-0.15, -0.1) is 13.2 Å². The van der Waals surface area contributed by atoms with E-state index in [4.69, 9.17) is 0 Å². The average Bonchev–Trinajstić information content (AvgIpc) is 2.56. The van der Waals surface area contributed by atoms with Gasteiger partial charge in [-0.25, -0.2) is 0 Å². The molecule has 2 atom stereocenters. The Morgan fingerprint density at radius 2 is 1.84 bits per heavy atom. The van der Waals surface area contributed by atoms with Gasteiger partial charge in [0.2, 0.25) is 0 Å². The van der Waals surface area contributed by atoms with Crippen LogP contribution in [-0.4, -0.2) is 24.0 Å². The maximum atomic E-state index is 12.3. The van der Waals surface area contributed by atoms with Crippen molar-refractivity contribution in [1.29, 1.82) is 0 Å². The summed E-state index contributed by atoms with van der Waals surface area (Å²) in [4.78, 5) is 12.3. The van der Waals surface area contributed by atoms with Gasteiger partial charge in [0, 0.05) is 35.7 Å². The van der Waals surface area contributed by atoms with Crippen LogP contribution in [0.25, 0.3) is 11.1 Å². The zero-order valence-corrected chi connectivity index (χ0v) is 13.4. The number of quaternary nitrogens is 1. The number of nitrogens with zero attached hydrogens (tertiary/aromatic N) is 1. The van der Waals surface area contributed by atoms with Gasteiger partial charge in [0.25, 0.3) is 5.56 Å². The van der Waals surface area contributed by atoms with Crippen LogP contribution in [0.5, 0.6) is 5.75 Å². The molecule has 0 spiro atoms. The third-order valence-electron chi connectivity index (χ3n) is 5.02. The van der Waals surface area contributed by atoms with Gasteiger partial charge in [0.05, 0.1) is 13.1 Å². The lowest BCUT2D eigenvalue weighted by Crippen LogP contribution is -2.89. The topological polar surface area (TPSA) is 47.8 Å². The molecule has 2 bridgehead atoms. The largest absolute Gasteiger partial charge is 0.573 e. The maximum absolute atomic E-state index is 12.3. The highest BCUT2D eigenvalue weighted by molar-refractivity contribution is 5.67. The molecule has 4 nitrogen and oxygen atoms in total. The number of fused-ring (bicyclic) bond motifs is 4. The van der Waals surface area contributed by atoms with Gasteiger partial charge < -0.3 is 14.6 Å². The van der Waals surface area contributed by atoms with E-state index in [9.17, 15) is 18.0 Å². The third-order valence-corrected chi connectivity index (χ3v) is 5.02. The van der Waals surface area contributed by atoms with Gasteiger partial charge in [-0.2, -0.15) is 0 Å². The van der Waals surface area contributed by atoms with Gasteiger partial charge in [-0.1, -0.05) is 12.1 Å². The number of rotatable bonds is 2. The molecule has 0 radical (unpaired) electrons. The SMILES string of the molecule is O=c1ccc(-c2ccc(OC(F)(F)F)cc2)c2n1C[C@@H]1C[NH2+]C[C@H]2C1. The molecule has 132 valence electrons. The van der Waals surface area contributed by atoms with Crippen molar-refractivity contribution in [1.82, 2.24) is 4.57 Å². The van der Waals surface area contributed by atoms with Crippen molar-refractivity contribution in [3.05, 3.63) is 52.4 Å². The Hall–Kier alpha value is -2.28. The lowest BCUT2D eigenvalue weighted by atomic mass is 9.81. The number of benzene rings is 1. The fourth-order valence-electron chi connectivity index (χ4n) is 4.06. The van der Waals surface area contributed by atoms with Crippen LogP contribution < -0.4 is 15.6 Å². The van der Waals surface area contributed by atoms with E-state index in [1.165, 1.54) is 12.1 Å². The molecule has 25 heavy (non-hydrogen) atoms. The van der Waals surface area contributed by atoms with E-state index in [0.717, 1.165) is 36.3 Å². The highest BCUT2D eigenvalue weighted by atomic mass is 19.4. The molecule has 2 N–H and O–H groups in total. The summed E-state index contributed by atoms with van der Waals surface area (Å²) in [5.74, 6) is 0.550. The van der Waals surface area contributed by atoms with E-state index in [0.29, 0.717) is 18.4 Å². The number of aromatic nitrogens is 1. The standard InChI is InChI=1S/C18H17F3N2O2/c19-18(20,21)25-14-3-1-12(2-4-14)15-5-6-16(24)23-10-11-7-13(17(15)23)9-22-8-11/h1-6,11,13,22H,7-10H2/p+1/t11-,13+/m0/s1. The monoisotopic (exact) mass is 351 g/mol. The minimum Gasteiger partial charge on any atom is -0.406 e. The van der Waals surface area contributed by atoms with Gasteiger partial charge in [0.1, 0.15) is 5.75 Å². The molecule has 2 aromatic rings. The zero-order valence-electron chi connectivity index (χ0n) is 13.4. The fraction of sp³-hybridized carbons (Fsp3) is 0.389. The van der Waals surface area contributed by atoms with E-state index < -0.39 is 6.36 Å². The first-order valence-electron chi connectivity index (χ1n) is 8.32. The summed E-state index contributed by atoms with van der Waals surface area (Å²) in [6.45, 7) is 2.68. The lowest BCUT2D eigenvalue weighted by Gasteiger charge is -2.36. The molecule has 1 saturated heterocycles. The Morgan fingerprint density at radius 3 is 2.56 bits per heavy atom. The second-order valence-corrected chi connectivity index (χ2v) is 6.71. The molecular weight excluding hydrogens is 333 g/mol. The normalized spacial score (nSPS) is 22.4. The minimum absolute atomic E-state index is 0.00706.